The highest BCUT2D eigenvalue weighted by molar-refractivity contribution is 5.93. The monoisotopic (exact) mass is 254 g/mol. The van der Waals surface area contributed by atoms with Crippen LogP contribution in [0.2, 0.25) is 0 Å². The zero-order valence-electron chi connectivity index (χ0n) is 11.0. The van der Waals surface area contributed by atoms with Gasteiger partial charge in [0.15, 0.2) is 5.76 Å². The van der Waals surface area contributed by atoms with Crippen LogP contribution in [0.5, 0.6) is 0 Å². The van der Waals surface area contributed by atoms with Gasteiger partial charge < -0.3 is 19.7 Å². The van der Waals surface area contributed by atoms with E-state index >= 15 is 0 Å². The summed E-state index contributed by atoms with van der Waals surface area (Å²) in [5, 5.41) is 11.4. The summed E-state index contributed by atoms with van der Waals surface area (Å²) in [5.41, 5.74) is -0.197. The second-order valence-electron chi connectivity index (χ2n) is 4.86. The molecule has 6 nitrogen and oxygen atoms in total. The molecular weight excluding hydrogens is 236 g/mol. The van der Waals surface area contributed by atoms with Gasteiger partial charge in [0.1, 0.15) is 0 Å². The number of aromatic carboxylic acids is 1. The van der Waals surface area contributed by atoms with Gasteiger partial charge in [-0.05, 0) is 40.1 Å². The van der Waals surface area contributed by atoms with Gasteiger partial charge in [0.2, 0.25) is 5.76 Å². The molecule has 0 radical (unpaired) electrons. The number of nitrogens with one attached hydrogen (secondary N) is 1. The number of rotatable bonds is 5. The summed E-state index contributed by atoms with van der Waals surface area (Å²) in [4.78, 5) is 24.3. The molecule has 1 aromatic rings. The number of hydrogen-bond donors (Lipinski definition) is 2. The Hall–Kier alpha value is -1.82. The Morgan fingerprint density at radius 3 is 2.33 bits per heavy atom. The van der Waals surface area contributed by atoms with Crippen molar-refractivity contribution < 1.29 is 19.1 Å². The molecule has 0 aliphatic carbocycles. The smallest absolute Gasteiger partial charge is 0.371 e. The van der Waals surface area contributed by atoms with Crippen LogP contribution in [0.3, 0.4) is 0 Å². The van der Waals surface area contributed by atoms with Crippen LogP contribution < -0.4 is 5.32 Å². The SMILES string of the molecule is CN(C)C(C)(C)CNC(=O)c1ccc(C(=O)O)o1. The number of carbonyl (C=O) groups excluding carboxylic acids is 1. The maximum absolute atomic E-state index is 11.7. The summed E-state index contributed by atoms with van der Waals surface area (Å²) in [7, 11) is 3.84. The lowest BCUT2D eigenvalue weighted by Gasteiger charge is -2.32. The molecule has 0 saturated carbocycles. The normalized spacial score (nSPS) is 11.6. The molecule has 1 rings (SSSR count). The van der Waals surface area contributed by atoms with E-state index in [2.05, 4.69) is 5.32 Å². The summed E-state index contributed by atoms with van der Waals surface area (Å²) in [5.74, 6) is -1.85. The van der Waals surface area contributed by atoms with Crippen molar-refractivity contribution in [2.24, 2.45) is 0 Å². The molecule has 18 heavy (non-hydrogen) atoms. The minimum absolute atomic E-state index is 0.00181. The van der Waals surface area contributed by atoms with Gasteiger partial charge in [-0.15, -0.1) is 0 Å². The number of carboxylic acid groups (broad SMARTS) is 1. The van der Waals surface area contributed by atoms with Crippen LogP contribution in [0, 0.1) is 0 Å². The van der Waals surface area contributed by atoms with Crippen molar-refractivity contribution in [1.82, 2.24) is 10.2 Å². The molecule has 0 bridgehead atoms. The Morgan fingerprint density at radius 1 is 1.33 bits per heavy atom. The maximum atomic E-state index is 11.7. The van der Waals surface area contributed by atoms with E-state index < -0.39 is 11.9 Å². The number of amides is 1. The molecule has 0 atom stereocenters. The zero-order chi connectivity index (χ0) is 13.9. The number of likely N-dealkylation sites (N-methyl/N-ethyl adjacent to an activating group) is 1. The van der Waals surface area contributed by atoms with E-state index in [1.54, 1.807) is 0 Å². The van der Waals surface area contributed by atoms with Gasteiger partial charge in [0.25, 0.3) is 5.91 Å². The lowest BCUT2D eigenvalue weighted by molar-refractivity contribution is 0.0659. The van der Waals surface area contributed by atoms with Crippen molar-refractivity contribution in [1.29, 1.82) is 0 Å². The summed E-state index contributed by atoms with van der Waals surface area (Å²) >= 11 is 0. The first-order chi connectivity index (χ1) is 8.24. The molecule has 6 heteroatoms. The second-order valence-corrected chi connectivity index (χ2v) is 4.86. The summed E-state index contributed by atoms with van der Waals surface area (Å²) in [6.07, 6.45) is 0. The average Bonchev–Trinajstić information content (AvgIpc) is 2.75. The van der Waals surface area contributed by atoms with E-state index in [1.165, 1.54) is 12.1 Å². The number of hydrogen-bond acceptors (Lipinski definition) is 4. The topological polar surface area (TPSA) is 82.8 Å². The number of furan rings is 1. The van der Waals surface area contributed by atoms with E-state index in [1.807, 2.05) is 32.8 Å². The molecule has 0 aromatic carbocycles. The number of carbonyl (C=O) groups is 2. The van der Waals surface area contributed by atoms with Gasteiger partial charge >= 0.3 is 5.97 Å². The molecule has 0 fully saturated rings. The van der Waals surface area contributed by atoms with Gasteiger partial charge in [-0.1, -0.05) is 0 Å². The molecule has 0 aliphatic rings. The summed E-state index contributed by atoms with van der Waals surface area (Å²) in [6, 6.07) is 2.61. The third-order valence-electron chi connectivity index (χ3n) is 2.93. The maximum Gasteiger partial charge on any atom is 0.371 e. The third-order valence-corrected chi connectivity index (χ3v) is 2.93. The van der Waals surface area contributed by atoms with Gasteiger partial charge in [0, 0.05) is 12.1 Å². The molecule has 2 N–H and O–H groups in total. The van der Waals surface area contributed by atoms with Crippen molar-refractivity contribution in [2.75, 3.05) is 20.6 Å². The van der Waals surface area contributed by atoms with Crippen molar-refractivity contribution in [3.8, 4) is 0 Å². The van der Waals surface area contributed by atoms with Gasteiger partial charge in [-0.25, -0.2) is 4.79 Å². The second kappa shape index (κ2) is 5.22. The van der Waals surface area contributed by atoms with E-state index in [-0.39, 0.29) is 17.1 Å². The van der Waals surface area contributed by atoms with E-state index in [0.29, 0.717) is 6.54 Å². The molecule has 1 amide bonds. The standard InChI is InChI=1S/C12H18N2O4/c1-12(2,14(3)4)7-13-10(15)8-5-6-9(18-8)11(16)17/h5-6H,7H2,1-4H3,(H,13,15)(H,16,17). The minimum Gasteiger partial charge on any atom is -0.475 e. The molecule has 100 valence electrons. The van der Waals surface area contributed by atoms with E-state index in [9.17, 15) is 9.59 Å². The van der Waals surface area contributed by atoms with Crippen molar-refractivity contribution in [3.63, 3.8) is 0 Å². The Morgan fingerprint density at radius 2 is 1.89 bits per heavy atom. The number of nitrogens with zero attached hydrogens (tertiary/aromatic N) is 1. The van der Waals surface area contributed by atoms with E-state index in [4.69, 9.17) is 9.52 Å². The van der Waals surface area contributed by atoms with Crippen molar-refractivity contribution >= 4 is 11.9 Å². The molecule has 0 aliphatic heterocycles. The van der Waals surface area contributed by atoms with Gasteiger partial charge in [0.05, 0.1) is 0 Å². The molecule has 1 heterocycles. The zero-order valence-corrected chi connectivity index (χ0v) is 11.0. The van der Waals surface area contributed by atoms with Crippen molar-refractivity contribution in [3.05, 3.63) is 23.7 Å². The van der Waals surface area contributed by atoms with Gasteiger partial charge in [-0.2, -0.15) is 0 Å². The van der Waals surface area contributed by atoms with Crippen LogP contribution in [-0.2, 0) is 0 Å². The lowest BCUT2D eigenvalue weighted by atomic mass is 10.0. The predicted octanol–water partition coefficient (Wildman–Crippen LogP) is 1.05. The Balaban J connectivity index is 2.63. The predicted molar refractivity (Wildman–Crippen MR) is 65.8 cm³/mol. The fraction of sp³-hybridized carbons (Fsp3) is 0.500. The summed E-state index contributed by atoms with van der Waals surface area (Å²) in [6.45, 7) is 4.40. The molecular formula is C12H18N2O4. The minimum atomic E-state index is -1.19. The summed E-state index contributed by atoms with van der Waals surface area (Å²) < 4.78 is 4.91. The third kappa shape index (κ3) is 3.33. The molecule has 0 unspecified atom stereocenters. The molecule has 1 aromatic heterocycles. The Kier molecular flexibility index (Phi) is 4.13. The lowest BCUT2D eigenvalue weighted by Crippen LogP contribution is -2.48. The number of carboxylic acids is 1. The highest BCUT2D eigenvalue weighted by Gasteiger charge is 2.22. The van der Waals surface area contributed by atoms with Crippen LogP contribution in [0.15, 0.2) is 16.5 Å². The van der Waals surface area contributed by atoms with Crippen LogP contribution in [0.4, 0.5) is 0 Å². The fourth-order valence-corrected chi connectivity index (χ4v) is 1.12. The highest BCUT2D eigenvalue weighted by Crippen LogP contribution is 2.10. The first-order valence-corrected chi connectivity index (χ1v) is 5.53. The van der Waals surface area contributed by atoms with E-state index in [0.717, 1.165) is 0 Å². The Bertz CT molecular complexity index is 449. The fourth-order valence-electron chi connectivity index (χ4n) is 1.12. The first kappa shape index (κ1) is 14.2. The molecule has 0 spiro atoms. The average molecular weight is 254 g/mol. The quantitative estimate of drug-likeness (QED) is 0.820. The van der Waals surface area contributed by atoms with Crippen LogP contribution in [0.1, 0.15) is 35.0 Å². The molecule has 0 saturated heterocycles. The first-order valence-electron chi connectivity index (χ1n) is 5.53. The van der Waals surface area contributed by atoms with Crippen LogP contribution in [0.25, 0.3) is 0 Å². The highest BCUT2D eigenvalue weighted by atomic mass is 16.4. The Labute approximate surface area is 106 Å². The van der Waals surface area contributed by atoms with Gasteiger partial charge in [-0.3, -0.25) is 4.79 Å². The van der Waals surface area contributed by atoms with Crippen LogP contribution >= 0.6 is 0 Å². The largest absolute Gasteiger partial charge is 0.475 e. The van der Waals surface area contributed by atoms with Crippen molar-refractivity contribution in [2.45, 2.75) is 19.4 Å². The van der Waals surface area contributed by atoms with Crippen LogP contribution in [-0.4, -0.2) is 48.1 Å².